The van der Waals surface area contributed by atoms with Crippen LogP contribution < -0.4 is 4.74 Å². The van der Waals surface area contributed by atoms with Crippen LogP contribution >= 0.6 is 0 Å². The highest BCUT2D eigenvalue weighted by Crippen LogP contribution is 2.36. The molecule has 4 heteroatoms. The maximum Gasteiger partial charge on any atom is 0.137 e. The van der Waals surface area contributed by atoms with Gasteiger partial charge in [0.2, 0.25) is 0 Å². The molecule has 2 aromatic carbocycles. The van der Waals surface area contributed by atoms with Crippen LogP contribution in [0, 0.1) is 11.2 Å². The van der Waals surface area contributed by atoms with Crippen LogP contribution in [-0.4, -0.2) is 42.9 Å². The Kier molecular flexibility index (Phi) is 7.70. The smallest absolute Gasteiger partial charge is 0.137 e. The predicted molar refractivity (Wildman–Crippen MR) is 122 cm³/mol. The third kappa shape index (κ3) is 8.08. The van der Waals surface area contributed by atoms with E-state index in [1.165, 1.54) is 17.7 Å². The lowest BCUT2D eigenvalue weighted by Gasteiger charge is -2.33. The van der Waals surface area contributed by atoms with Gasteiger partial charge >= 0.3 is 0 Å². The molecule has 1 atom stereocenters. The van der Waals surface area contributed by atoms with Crippen molar-refractivity contribution >= 4 is 0 Å². The second kappa shape index (κ2) is 9.49. The molecule has 0 bridgehead atoms. The topological polar surface area (TPSA) is 29.5 Å². The van der Waals surface area contributed by atoms with Crippen molar-refractivity contribution in [1.29, 1.82) is 0 Å². The molecule has 30 heavy (non-hydrogen) atoms. The molecule has 2 rings (SSSR count). The summed E-state index contributed by atoms with van der Waals surface area (Å²) in [6, 6.07) is 14.8. The first-order valence-electron chi connectivity index (χ1n) is 10.7. The van der Waals surface area contributed by atoms with Crippen molar-refractivity contribution in [2.45, 2.75) is 59.1 Å². The zero-order chi connectivity index (χ0) is 22.6. The first-order valence-corrected chi connectivity index (χ1v) is 10.7. The highest BCUT2D eigenvalue weighted by atomic mass is 19.1. The molecule has 0 saturated heterocycles. The van der Waals surface area contributed by atoms with Crippen molar-refractivity contribution < 1.29 is 18.7 Å². The number of quaternary nitrogens is 1. The molecule has 0 radical (unpaired) electrons. The number of hydrogen-bond donors (Lipinski definition) is 1. The number of aliphatic hydroxyl groups is 1. The highest BCUT2D eigenvalue weighted by molar-refractivity contribution is 5.31. The van der Waals surface area contributed by atoms with E-state index in [1.807, 2.05) is 12.1 Å². The van der Waals surface area contributed by atoms with Gasteiger partial charge < -0.3 is 14.3 Å². The van der Waals surface area contributed by atoms with E-state index in [0.29, 0.717) is 11.0 Å². The summed E-state index contributed by atoms with van der Waals surface area (Å²) in [6.45, 7) is 12.9. The second-order valence-corrected chi connectivity index (χ2v) is 11.0. The Balaban J connectivity index is 1.88. The summed E-state index contributed by atoms with van der Waals surface area (Å²) in [6.07, 6.45) is 0.512. The van der Waals surface area contributed by atoms with Gasteiger partial charge in [-0.2, -0.15) is 0 Å². The fraction of sp³-hybridized carbons (Fsp3) is 0.538. The number of aliphatic hydroxyl groups excluding tert-OH is 1. The van der Waals surface area contributed by atoms with E-state index in [4.69, 9.17) is 4.74 Å². The Morgan fingerprint density at radius 3 is 2.03 bits per heavy atom. The number of rotatable bonds is 9. The van der Waals surface area contributed by atoms with Gasteiger partial charge in [-0.25, -0.2) is 4.39 Å². The number of ether oxygens (including phenoxy) is 1. The Bertz CT molecular complexity index is 789. The van der Waals surface area contributed by atoms with Crippen LogP contribution in [0.25, 0.3) is 0 Å². The lowest BCUT2D eigenvalue weighted by atomic mass is 9.72. The summed E-state index contributed by atoms with van der Waals surface area (Å²) < 4.78 is 19.5. The molecule has 0 aromatic heterocycles. The van der Waals surface area contributed by atoms with Gasteiger partial charge in [0.25, 0.3) is 0 Å². The van der Waals surface area contributed by atoms with Gasteiger partial charge in [-0.05, 0) is 47.1 Å². The molecule has 3 nitrogen and oxygen atoms in total. The minimum absolute atomic E-state index is 0.0954. The lowest BCUT2D eigenvalue weighted by Crippen LogP contribution is -2.46. The van der Waals surface area contributed by atoms with Gasteiger partial charge in [-0.1, -0.05) is 58.9 Å². The summed E-state index contributed by atoms with van der Waals surface area (Å²) in [5.74, 6) is 0.540. The number of likely N-dealkylation sites (N-methyl/N-ethyl adjacent to an activating group) is 1. The summed E-state index contributed by atoms with van der Waals surface area (Å²) in [5.41, 5.74) is 2.70. The van der Waals surface area contributed by atoms with E-state index >= 15 is 0 Å². The monoisotopic (exact) mass is 416 g/mol. The minimum atomic E-state index is -0.586. The maximum atomic E-state index is 13.1. The van der Waals surface area contributed by atoms with Crippen LogP contribution in [0.4, 0.5) is 4.39 Å². The molecule has 166 valence electrons. The SMILES string of the molecule is CC(C)(C)CC(C)(C)c1ccc(OCC(O)C[N+](C)(C)Cc2ccc(F)cc2)cc1. The van der Waals surface area contributed by atoms with E-state index in [2.05, 4.69) is 60.8 Å². The fourth-order valence-electron chi connectivity index (χ4n) is 4.39. The van der Waals surface area contributed by atoms with Crippen LogP contribution in [0.1, 0.15) is 52.2 Å². The molecule has 0 aliphatic carbocycles. The zero-order valence-corrected chi connectivity index (χ0v) is 19.7. The molecule has 2 aromatic rings. The summed E-state index contributed by atoms with van der Waals surface area (Å²) in [7, 11) is 4.11. The van der Waals surface area contributed by atoms with Crippen molar-refractivity contribution in [2.24, 2.45) is 5.41 Å². The standard InChI is InChI=1S/C26H39FNO2/c1-25(2,3)19-26(4,5)21-10-14-24(15-11-21)30-18-23(29)17-28(6,7)16-20-8-12-22(27)13-9-20/h8-15,23,29H,16-19H2,1-7H3/q+1. The molecule has 0 heterocycles. The molecule has 1 unspecified atom stereocenters. The van der Waals surface area contributed by atoms with Gasteiger partial charge in [-0.15, -0.1) is 0 Å². The van der Waals surface area contributed by atoms with E-state index in [9.17, 15) is 9.50 Å². The molecule has 0 aliphatic rings. The quantitative estimate of drug-likeness (QED) is 0.543. The van der Waals surface area contributed by atoms with E-state index in [0.717, 1.165) is 24.3 Å². The minimum Gasteiger partial charge on any atom is -0.491 e. The molecule has 0 fully saturated rings. The van der Waals surface area contributed by atoms with Crippen molar-refractivity contribution in [2.75, 3.05) is 27.2 Å². The highest BCUT2D eigenvalue weighted by Gasteiger charge is 2.27. The number of nitrogens with zero attached hydrogens (tertiary/aromatic N) is 1. The first-order chi connectivity index (χ1) is 13.8. The molecule has 0 saturated carbocycles. The fourth-order valence-corrected chi connectivity index (χ4v) is 4.39. The average molecular weight is 417 g/mol. The van der Waals surface area contributed by atoms with Crippen molar-refractivity contribution in [3.63, 3.8) is 0 Å². The van der Waals surface area contributed by atoms with Gasteiger partial charge in [0, 0.05) is 5.56 Å². The largest absolute Gasteiger partial charge is 0.491 e. The van der Waals surface area contributed by atoms with Crippen LogP contribution in [-0.2, 0) is 12.0 Å². The molecule has 0 spiro atoms. The van der Waals surface area contributed by atoms with Gasteiger partial charge in [0.05, 0.1) is 14.1 Å². The molecule has 0 amide bonds. The van der Waals surface area contributed by atoms with Crippen molar-refractivity contribution in [1.82, 2.24) is 0 Å². The lowest BCUT2D eigenvalue weighted by molar-refractivity contribution is -0.906. The normalized spacial score (nSPS) is 13.9. The van der Waals surface area contributed by atoms with Crippen LogP contribution in [0.15, 0.2) is 48.5 Å². The van der Waals surface area contributed by atoms with Crippen molar-refractivity contribution in [3.05, 3.63) is 65.5 Å². The summed E-state index contributed by atoms with van der Waals surface area (Å²) in [5, 5.41) is 10.5. The molecular weight excluding hydrogens is 377 g/mol. The first kappa shape index (κ1) is 24.4. The number of hydrogen-bond acceptors (Lipinski definition) is 2. The zero-order valence-electron chi connectivity index (χ0n) is 19.7. The third-order valence-electron chi connectivity index (χ3n) is 5.28. The van der Waals surface area contributed by atoms with Crippen LogP contribution in [0.3, 0.4) is 0 Å². The molecule has 1 N–H and O–H groups in total. The van der Waals surface area contributed by atoms with Gasteiger partial charge in [-0.3, -0.25) is 0 Å². The van der Waals surface area contributed by atoms with Gasteiger partial charge in [0.15, 0.2) is 0 Å². The molecule has 0 aliphatic heterocycles. The average Bonchev–Trinajstić information content (AvgIpc) is 2.60. The number of benzene rings is 2. The Labute approximate surface area is 182 Å². The van der Waals surface area contributed by atoms with E-state index in [1.54, 1.807) is 12.1 Å². The van der Waals surface area contributed by atoms with Crippen LogP contribution in [0.5, 0.6) is 5.75 Å². The predicted octanol–water partition coefficient (Wildman–Crippen LogP) is 5.56. The van der Waals surface area contributed by atoms with Crippen molar-refractivity contribution in [3.8, 4) is 5.75 Å². The van der Waals surface area contributed by atoms with E-state index in [-0.39, 0.29) is 23.3 Å². The second-order valence-electron chi connectivity index (χ2n) is 11.0. The van der Waals surface area contributed by atoms with Crippen LogP contribution in [0.2, 0.25) is 0 Å². The third-order valence-corrected chi connectivity index (χ3v) is 5.28. The van der Waals surface area contributed by atoms with Gasteiger partial charge in [0.1, 0.15) is 37.4 Å². The van der Waals surface area contributed by atoms with E-state index < -0.39 is 6.10 Å². The molecular formula is C26H39FNO2+. The Morgan fingerprint density at radius 2 is 1.50 bits per heavy atom. The Morgan fingerprint density at radius 1 is 0.933 bits per heavy atom. The maximum absolute atomic E-state index is 13.1. The summed E-state index contributed by atoms with van der Waals surface area (Å²) >= 11 is 0. The Hall–Kier alpha value is -1.91. The number of halogens is 1. The summed E-state index contributed by atoms with van der Waals surface area (Å²) in [4.78, 5) is 0.